The summed E-state index contributed by atoms with van der Waals surface area (Å²) in [7, 11) is 1.59. The van der Waals surface area contributed by atoms with Crippen LogP contribution >= 0.6 is 0 Å². The van der Waals surface area contributed by atoms with Crippen LogP contribution in [0.5, 0.6) is 0 Å². The molecule has 0 spiro atoms. The minimum absolute atomic E-state index is 0.0673. The lowest BCUT2D eigenvalue weighted by atomic mass is 9.75. The molecule has 5 nitrogen and oxygen atoms in total. The molecule has 0 heterocycles. The Balaban J connectivity index is 1.86. The van der Waals surface area contributed by atoms with Crippen LogP contribution in [0.2, 0.25) is 0 Å². The predicted octanol–water partition coefficient (Wildman–Crippen LogP) is 3.46. The highest BCUT2D eigenvalue weighted by Crippen LogP contribution is 2.35. The standard InChI is InChI=1S/C20H30N2O3/c1-13(2)17-10-5-14(3)11-18(17)25-12-19(23)22-16-8-6-15(7-9-16)20(24)21-4/h6-9,13-14,17-18H,5,10-12H2,1-4H3,(H,21,24)(H,22,23). The lowest BCUT2D eigenvalue weighted by molar-refractivity contribution is -0.126. The number of amides is 2. The first kappa shape index (κ1) is 19.4. The fourth-order valence-electron chi connectivity index (χ4n) is 3.54. The highest BCUT2D eigenvalue weighted by atomic mass is 16.5. The van der Waals surface area contributed by atoms with E-state index in [0.29, 0.717) is 29.0 Å². The Labute approximate surface area is 150 Å². The van der Waals surface area contributed by atoms with E-state index in [4.69, 9.17) is 4.74 Å². The Kier molecular flexibility index (Phi) is 7.00. The molecule has 0 aromatic heterocycles. The van der Waals surface area contributed by atoms with E-state index in [9.17, 15) is 9.59 Å². The number of hydrogen-bond donors (Lipinski definition) is 2. The average molecular weight is 346 g/mol. The summed E-state index contributed by atoms with van der Waals surface area (Å²) in [6, 6.07) is 6.82. The van der Waals surface area contributed by atoms with Gasteiger partial charge in [-0.3, -0.25) is 9.59 Å². The van der Waals surface area contributed by atoms with Crippen molar-refractivity contribution in [2.45, 2.75) is 46.1 Å². The first-order valence-electron chi connectivity index (χ1n) is 9.14. The second-order valence-corrected chi connectivity index (χ2v) is 7.38. The topological polar surface area (TPSA) is 67.4 Å². The summed E-state index contributed by atoms with van der Waals surface area (Å²) >= 11 is 0. The molecule has 2 N–H and O–H groups in total. The quantitative estimate of drug-likeness (QED) is 0.829. The van der Waals surface area contributed by atoms with Crippen molar-refractivity contribution in [3.63, 3.8) is 0 Å². The van der Waals surface area contributed by atoms with Crippen molar-refractivity contribution in [3.8, 4) is 0 Å². The van der Waals surface area contributed by atoms with E-state index in [1.165, 1.54) is 12.8 Å². The molecule has 1 saturated carbocycles. The Hall–Kier alpha value is -1.88. The molecule has 138 valence electrons. The van der Waals surface area contributed by atoms with Crippen molar-refractivity contribution in [1.82, 2.24) is 5.32 Å². The zero-order valence-corrected chi connectivity index (χ0v) is 15.7. The maximum atomic E-state index is 12.2. The van der Waals surface area contributed by atoms with Gasteiger partial charge in [-0.1, -0.05) is 27.2 Å². The number of rotatable bonds is 6. The summed E-state index contributed by atoms with van der Waals surface area (Å²) in [5, 5.41) is 5.39. The van der Waals surface area contributed by atoms with E-state index >= 15 is 0 Å². The highest BCUT2D eigenvalue weighted by molar-refractivity contribution is 5.95. The van der Waals surface area contributed by atoms with Gasteiger partial charge >= 0.3 is 0 Å². The third kappa shape index (κ3) is 5.56. The summed E-state index contributed by atoms with van der Waals surface area (Å²) in [5.41, 5.74) is 1.23. The first-order valence-corrected chi connectivity index (χ1v) is 9.14. The van der Waals surface area contributed by atoms with Crippen molar-refractivity contribution in [3.05, 3.63) is 29.8 Å². The third-order valence-corrected chi connectivity index (χ3v) is 5.05. The normalized spacial score (nSPS) is 23.3. The van der Waals surface area contributed by atoms with E-state index < -0.39 is 0 Å². The fraction of sp³-hybridized carbons (Fsp3) is 0.600. The molecule has 2 rings (SSSR count). The van der Waals surface area contributed by atoms with Crippen molar-refractivity contribution in [1.29, 1.82) is 0 Å². The molecule has 0 radical (unpaired) electrons. The van der Waals surface area contributed by atoms with Crippen molar-refractivity contribution in [2.75, 3.05) is 19.0 Å². The lowest BCUT2D eigenvalue weighted by Gasteiger charge is -2.37. The van der Waals surface area contributed by atoms with Crippen molar-refractivity contribution < 1.29 is 14.3 Å². The van der Waals surface area contributed by atoms with Crippen molar-refractivity contribution >= 4 is 17.5 Å². The average Bonchev–Trinajstić information content (AvgIpc) is 2.59. The van der Waals surface area contributed by atoms with Gasteiger partial charge < -0.3 is 15.4 Å². The number of ether oxygens (including phenoxy) is 1. The number of nitrogens with one attached hydrogen (secondary N) is 2. The van der Waals surface area contributed by atoms with Crippen LogP contribution in [-0.2, 0) is 9.53 Å². The van der Waals surface area contributed by atoms with Gasteiger partial charge in [0.1, 0.15) is 6.61 Å². The minimum atomic E-state index is -0.159. The Bertz CT molecular complexity index is 583. The minimum Gasteiger partial charge on any atom is -0.368 e. The van der Waals surface area contributed by atoms with Gasteiger partial charge in [-0.05, 0) is 54.9 Å². The summed E-state index contributed by atoms with van der Waals surface area (Å²) < 4.78 is 5.96. The smallest absolute Gasteiger partial charge is 0.251 e. The van der Waals surface area contributed by atoms with Crippen LogP contribution in [0.15, 0.2) is 24.3 Å². The van der Waals surface area contributed by atoms with Gasteiger partial charge in [0.15, 0.2) is 0 Å². The van der Waals surface area contributed by atoms with Gasteiger partial charge in [-0.15, -0.1) is 0 Å². The maximum Gasteiger partial charge on any atom is 0.251 e. The van der Waals surface area contributed by atoms with Gasteiger partial charge in [0, 0.05) is 18.3 Å². The number of carbonyl (C=O) groups excluding carboxylic acids is 2. The molecule has 1 aromatic rings. The molecule has 2 amide bonds. The van der Waals surface area contributed by atoms with E-state index in [1.807, 2.05) is 0 Å². The van der Waals surface area contributed by atoms with E-state index in [2.05, 4.69) is 31.4 Å². The monoisotopic (exact) mass is 346 g/mol. The summed E-state index contributed by atoms with van der Waals surface area (Å²) in [6.45, 7) is 6.77. The summed E-state index contributed by atoms with van der Waals surface area (Å²) in [4.78, 5) is 23.7. The molecule has 1 aliphatic carbocycles. The summed E-state index contributed by atoms with van der Waals surface area (Å²) in [6.07, 6.45) is 3.60. The Morgan fingerprint density at radius 1 is 1.20 bits per heavy atom. The zero-order chi connectivity index (χ0) is 18.4. The molecule has 0 aliphatic heterocycles. The van der Waals surface area contributed by atoms with E-state index in [-0.39, 0.29) is 24.5 Å². The van der Waals surface area contributed by atoms with E-state index in [1.54, 1.807) is 31.3 Å². The number of anilines is 1. The highest BCUT2D eigenvalue weighted by Gasteiger charge is 2.31. The summed E-state index contributed by atoms with van der Waals surface area (Å²) in [5.74, 6) is 1.44. The van der Waals surface area contributed by atoms with Crippen LogP contribution in [0.3, 0.4) is 0 Å². The molecule has 0 bridgehead atoms. The van der Waals surface area contributed by atoms with Gasteiger partial charge in [0.25, 0.3) is 5.91 Å². The van der Waals surface area contributed by atoms with Gasteiger partial charge in [-0.2, -0.15) is 0 Å². The molecule has 0 saturated heterocycles. The molecular formula is C20H30N2O3. The molecule has 1 fully saturated rings. The van der Waals surface area contributed by atoms with Crippen LogP contribution < -0.4 is 10.6 Å². The largest absolute Gasteiger partial charge is 0.368 e. The lowest BCUT2D eigenvalue weighted by Crippen LogP contribution is -2.36. The van der Waals surface area contributed by atoms with Crippen LogP contribution in [-0.4, -0.2) is 31.6 Å². The number of hydrogen-bond acceptors (Lipinski definition) is 3. The molecule has 1 aliphatic rings. The molecule has 1 aromatic carbocycles. The second-order valence-electron chi connectivity index (χ2n) is 7.38. The fourth-order valence-corrected chi connectivity index (χ4v) is 3.54. The molecule has 5 heteroatoms. The molecule has 3 atom stereocenters. The Morgan fingerprint density at radius 3 is 2.48 bits per heavy atom. The van der Waals surface area contributed by atoms with Gasteiger partial charge in [0.2, 0.25) is 5.91 Å². The maximum absolute atomic E-state index is 12.2. The van der Waals surface area contributed by atoms with Crippen LogP contribution in [0.1, 0.15) is 50.4 Å². The van der Waals surface area contributed by atoms with Gasteiger partial charge in [-0.25, -0.2) is 0 Å². The first-order chi connectivity index (χ1) is 11.9. The van der Waals surface area contributed by atoms with Crippen LogP contribution in [0.4, 0.5) is 5.69 Å². The number of benzene rings is 1. The van der Waals surface area contributed by atoms with Crippen LogP contribution in [0, 0.1) is 17.8 Å². The second kappa shape index (κ2) is 8.99. The zero-order valence-electron chi connectivity index (χ0n) is 15.7. The number of carbonyl (C=O) groups is 2. The van der Waals surface area contributed by atoms with Crippen molar-refractivity contribution in [2.24, 2.45) is 17.8 Å². The third-order valence-electron chi connectivity index (χ3n) is 5.05. The molecular weight excluding hydrogens is 316 g/mol. The SMILES string of the molecule is CNC(=O)c1ccc(NC(=O)COC2CC(C)CCC2C(C)C)cc1. The van der Waals surface area contributed by atoms with Crippen LogP contribution in [0.25, 0.3) is 0 Å². The van der Waals surface area contributed by atoms with E-state index in [0.717, 1.165) is 6.42 Å². The predicted molar refractivity (Wildman–Crippen MR) is 99.5 cm³/mol. The molecule has 3 unspecified atom stereocenters. The van der Waals surface area contributed by atoms with Gasteiger partial charge in [0.05, 0.1) is 6.10 Å². The molecule has 25 heavy (non-hydrogen) atoms. The Morgan fingerprint density at radius 2 is 1.88 bits per heavy atom.